The molecule has 0 aromatic heterocycles. The smallest absolute Gasteiger partial charge is 0.0830 e. The summed E-state index contributed by atoms with van der Waals surface area (Å²) in [6.07, 6.45) is 0. The number of fused-ring (bicyclic) bond motifs is 1. The van der Waals surface area contributed by atoms with Gasteiger partial charge in [-0.1, -0.05) is 31.9 Å². The van der Waals surface area contributed by atoms with Crippen LogP contribution in [0.2, 0.25) is 0 Å². The summed E-state index contributed by atoms with van der Waals surface area (Å²) >= 11 is 16.3. The molecule has 2 aromatic rings. The van der Waals surface area contributed by atoms with E-state index in [-0.39, 0.29) is 0 Å². The molecule has 0 fully saturated rings. The van der Waals surface area contributed by atoms with E-state index in [0.717, 1.165) is 31.1 Å². The molecule has 0 aliphatic heterocycles. The Hall–Kier alpha value is -0.740. The predicted molar refractivity (Wildman–Crippen MR) is 88.7 cm³/mol. The molecule has 0 unspecified atom stereocenters. The zero-order valence-corrected chi connectivity index (χ0v) is 13.6. The van der Waals surface area contributed by atoms with Crippen LogP contribution in [-0.4, -0.2) is 10.3 Å². The molecule has 0 spiro atoms. The van der Waals surface area contributed by atoms with E-state index in [4.69, 9.17) is 0 Å². The van der Waals surface area contributed by atoms with Gasteiger partial charge in [0, 0.05) is 19.7 Å². The van der Waals surface area contributed by atoms with Crippen molar-refractivity contribution in [2.45, 2.75) is 0 Å². The van der Waals surface area contributed by atoms with Crippen molar-refractivity contribution in [1.82, 2.24) is 0 Å². The third-order valence-electron chi connectivity index (χ3n) is 2.35. The number of thiocarbonyl (C=S) groups is 2. The number of rotatable bonds is 2. The quantitative estimate of drug-likeness (QED) is 0.468. The van der Waals surface area contributed by atoms with E-state index < -0.39 is 0 Å². The highest BCUT2D eigenvalue weighted by Crippen LogP contribution is 2.41. The van der Waals surface area contributed by atoms with E-state index >= 15 is 0 Å². The molecule has 0 radical (unpaired) electrons. The highest BCUT2D eigenvalue weighted by molar-refractivity contribution is 9.11. The number of benzene rings is 2. The van der Waals surface area contributed by atoms with E-state index in [9.17, 15) is 0 Å². The highest BCUT2D eigenvalue weighted by atomic mass is 79.9. The van der Waals surface area contributed by atoms with E-state index in [2.05, 4.69) is 76.6 Å². The largest absolute Gasteiger partial charge is 0.194 e. The summed E-state index contributed by atoms with van der Waals surface area (Å²) < 4.78 is 1.82. The minimum absolute atomic E-state index is 0.733. The molecular formula is C12H4Br2N2S2. The van der Waals surface area contributed by atoms with Gasteiger partial charge in [0.2, 0.25) is 0 Å². The summed E-state index contributed by atoms with van der Waals surface area (Å²) in [5.41, 5.74) is 1.47. The van der Waals surface area contributed by atoms with Crippen LogP contribution < -0.4 is 0 Å². The van der Waals surface area contributed by atoms with Gasteiger partial charge >= 0.3 is 0 Å². The van der Waals surface area contributed by atoms with Gasteiger partial charge in [-0.2, -0.15) is 9.98 Å². The maximum atomic E-state index is 4.66. The zero-order chi connectivity index (χ0) is 13.1. The SMILES string of the molecule is S=C=Nc1ccc(Br)c2c(N=C=S)ccc(Br)c12. The second-order valence-corrected chi connectivity index (χ2v) is 5.36. The Morgan fingerprint density at radius 1 is 0.778 bits per heavy atom. The summed E-state index contributed by atoms with van der Waals surface area (Å²) in [4.78, 5) is 8.13. The van der Waals surface area contributed by atoms with Gasteiger partial charge in [-0.3, -0.25) is 0 Å². The summed E-state index contributed by atoms with van der Waals surface area (Å²) in [6, 6.07) is 7.51. The van der Waals surface area contributed by atoms with Crippen molar-refractivity contribution in [2.75, 3.05) is 0 Å². The molecule has 0 saturated carbocycles. The Morgan fingerprint density at radius 2 is 1.17 bits per heavy atom. The summed E-state index contributed by atoms with van der Waals surface area (Å²) in [5, 5.41) is 6.58. The Labute approximate surface area is 131 Å². The van der Waals surface area contributed by atoms with E-state index in [1.54, 1.807) is 0 Å². The minimum Gasteiger partial charge on any atom is -0.194 e. The number of isothiocyanates is 2. The monoisotopic (exact) mass is 398 g/mol. The van der Waals surface area contributed by atoms with Crippen molar-refractivity contribution in [1.29, 1.82) is 0 Å². The third kappa shape index (κ3) is 2.50. The Kier molecular flexibility index (Phi) is 4.51. The average molecular weight is 400 g/mol. The number of nitrogens with zero attached hydrogens (tertiary/aromatic N) is 2. The molecule has 0 bridgehead atoms. The van der Waals surface area contributed by atoms with Gasteiger partial charge in [-0.15, -0.1) is 0 Å². The molecule has 0 aliphatic carbocycles. The number of halogens is 2. The second kappa shape index (κ2) is 5.93. The molecule has 18 heavy (non-hydrogen) atoms. The first kappa shape index (κ1) is 13.7. The average Bonchev–Trinajstić information content (AvgIpc) is 2.36. The lowest BCUT2D eigenvalue weighted by Gasteiger charge is -2.08. The number of hydrogen-bond donors (Lipinski definition) is 0. The van der Waals surface area contributed by atoms with E-state index in [1.807, 2.05) is 24.3 Å². The standard InChI is InChI=1S/C12H4Br2N2S2/c13-7-1-3-9(15-5-17)12-8(14)2-4-10(11(7)12)16-6-18/h1-4H. The van der Waals surface area contributed by atoms with E-state index in [1.165, 1.54) is 0 Å². The molecule has 0 atom stereocenters. The fraction of sp³-hybridized carbons (Fsp3) is 0. The van der Waals surface area contributed by atoms with Crippen molar-refractivity contribution < 1.29 is 0 Å². The van der Waals surface area contributed by atoms with Crippen LogP contribution in [0.15, 0.2) is 43.2 Å². The van der Waals surface area contributed by atoms with Gasteiger partial charge in [0.15, 0.2) is 0 Å². The van der Waals surface area contributed by atoms with Gasteiger partial charge in [0.25, 0.3) is 0 Å². The summed E-state index contributed by atoms with van der Waals surface area (Å²) in [7, 11) is 0. The summed E-state index contributed by atoms with van der Waals surface area (Å²) in [6.45, 7) is 0. The maximum absolute atomic E-state index is 4.66. The molecular weight excluding hydrogens is 396 g/mol. The Balaban J connectivity index is 3.03. The number of aliphatic imine (C=N–C) groups is 2. The van der Waals surface area contributed by atoms with Crippen LogP contribution in [0.3, 0.4) is 0 Å². The van der Waals surface area contributed by atoms with Crippen molar-refractivity contribution in [3.63, 3.8) is 0 Å². The molecule has 0 amide bonds. The Morgan fingerprint density at radius 3 is 1.50 bits per heavy atom. The first-order valence-electron chi connectivity index (χ1n) is 4.75. The maximum Gasteiger partial charge on any atom is 0.0830 e. The molecule has 2 nitrogen and oxygen atoms in total. The molecule has 2 rings (SSSR count). The molecule has 88 valence electrons. The number of hydrogen-bond acceptors (Lipinski definition) is 4. The molecule has 6 heteroatoms. The van der Waals surface area contributed by atoms with Crippen LogP contribution in [0, 0.1) is 0 Å². The first-order valence-corrected chi connectivity index (χ1v) is 7.15. The topological polar surface area (TPSA) is 24.7 Å². The lowest BCUT2D eigenvalue weighted by molar-refractivity contribution is 1.53. The van der Waals surface area contributed by atoms with Gasteiger partial charge in [-0.25, -0.2) is 0 Å². The van der Waals surface area contributed by atoms with Crippen molar-refractivity contribution in [3.05, 3.63) is 33.2 Å². The van der Waals surface area contributed by atoms with Crippen molar-refractivity contribution in [2.24, 2.45) is 9.98 Å². The van der Waals surface area contributed by atoms with Crippen LogP contribution in [0.4, 0.5) is 11.4 Å². The van der Waals surface area contributed by atoms with Gasteiger partial charge in [0.1, 0.15) is 0 Å². The van der Waals surface area contributed by atoms with Gasteiger partial charge in [0.05, 0.1) is 21.7 Å². The second-order valence-electron chi connectivity index (χ2n) is 3.29. The fourth-order valence-corrected chi connectivity index (χ4v) is 2.93. The molecule has 0 saturated heterocycles. The fourth-order valence-electron chi connectivity index (χ4n) is 1.66. The van der Waals surface area contributed by atoms with Crippen LogP contribution in [-0.2, 0) is 0 Å². The summed E-state index contributed by atoms with van der Waals surface area (Å²) in [5.74, 6) is 0. The van der Waals surface area contributed by atoms with Crippen LogP contribution >= 0.6 is 56.3 Å². The Bertz CT molecular complexity index is 667. The molecule has 0 N–H and O–H groups in total. The third-order valence-corrected chi connectivity index (χ3v) is 3.85. The van der Waals surface area contributed by atoms with Gasteiger partial charge in [-0.05, 0) is 48.7 Å². The highest BCUT2D eigenvalue weighted by Gasteiger charge is 2.11. The van der Waals surface area contributed by atoms with E-state index in [0.29, 0.717) is 0 Å². The van der Waals surface area contributed by atoms with Crippen LogP contribution in [0.5, 0.6) is 0 Å². The first-order chi connectivity index (χ1) is 8.69. The normalized spacial score (nSPS) is 9.67. The lowest BCUT2D eigenvalue weighted by Crippen LogP contribution is -1.80. The predicted octanol–water partition coefficient (Wildman–Crippen LogP) is 5.83. The van der Waals surface area contributed by atoms with Crippen LogP contribution in [0.1, 0.15) is 0 Å². The van der Waals surface area contributed by atoms with Crippen molar-refractivity contribution >= 4 is 88.8 Å². The molecule has 0 heterocycles. The molecule has 2 aromatic carbocycles. The minimum atomic E-state index is 0.733. The van der Waals surface area contributed by atoms with Crippen LogP contribution in [0.25, 0.3) is 10.8 Å². The van der Waals surface area contributed by atoms with Crippen molar-refractivity contribution in [3.8, 4) is 0 Å². The lowest BCUT2D eigenvalue weighted by atomic mass is 10.1. The molecule has 0 aliphatic rings. The van der Waals surface area contributed by atoms with Gasteiger partial charge < -0.3 is 0 Å². The zero-order valence-electron chi connectivity index (χ0n) is 8.78.